The molecule has 3 heterocycles. The number of aromatic nitrogens is 3. The van der Waals surface area contributed by atoms with E-state index >= 15 is 0 Å². The summed E-state index contributed by atoms with van der Waals surface area (Å²) in [5.41, 5.74) is 4.87. The Labute approximate surface area is 163 Å². The largest absolute Gasteiger partial charge is 0.367 e. The van der Waals surface area contributed by atoms with Crippen molar-refractivity contribution in [2.45, 2.75) is 6.92 Å². The average Bonchev–Trinajstić information content (AvgIpc) is 3.06. The van der Waals surface area contributed by atoms with Gasteiger partial charge in [0, 0.05) is 37.8 Å². The van der Waals surface area contributed by atoms with Crippen LogP contribution in [0.3, 0.4) is 0 Å². The zero-order valence-electron chi connectivity index (χ0n) is 16.1. The summed E-state index contributed by atoms with van der Waals surface area (Å²) in [6.45, 7) is 6.15. The number of nitrogens with zero attached hydrogens (tertiary/aromatic N) is 4. The molecule has 0 bridgehead atoms. The number of likely N-dealkylation sites (N-methyl/N-ethyl adjacent to an activating group) is 1. The SMILES string of the molecule is Cc1cc(N2CCN(C)CC2)c2ncc3c(=O)n(-c4ccccc4)[nH]c3c2c1. The maximum atomic E-state index is 13.0. The van der Waals surface area contributed by atoms with Crippen LogP contribution in [0.1, 0.15) is 5.56 Å². The molecular weight excluding hydrogens is 350 g/mol. The number of pyridine rings is 1. The number of nitrogens with one attached hydrogen (secondary N) is 1. The summed E-state index contributed by atoms with van der Waals surface area (Å²) in [6.07, 6.45) is 1.71. The summed E-state index contributed by atoms with van der Waals surface area (Å²) in [7, 11) is 2.16. The van der Waals surface area contributed by atoms with Crippen molar-refractivity contribution in [1.82, 2.24) is 19.7 Å². The van der Waals surface area contributed by atoms with Crippen molar-refractivity contribution >= 4 is 27.5 Å². The normalized spacial score (nSPS) is 15.6. The average molecular weight is 373 g/mol. The van der Waals surface area contributed by atoms with Gasteiger partial charge < -0.3 is 9.80 Å². The number of fused-ring (bicyclic) bond motifs is 3. The molecule has 0 unspecified atom stereocenters. The number of rotatable bonds is 2. The standard InChI is InChI=1S/C22H23N5O/c1-15-12-17-20-18(22(28)27(24-20)16-6-4-3-5-7-16)14-23-21(17)19(13-15)26-10-8-25(2)9-11-26/h3-7,12-14,24H,8-11H2,1-2H3. The van der Waals surface area contributed by atoms with Crippen molar-refractivity contribution in [2.75, 3.05) is 38.1 Å². The molecule has 1 N–H and O–H groups in total. The fraction of sp³-hybridized carbons (Fsp3) is 0.273. The summed E-state index contributed by atoms with van der Waals surface area (Å²) in [5.74, 6) is 0. The van der Waals surface area contributed by atoms with Gasteiger partial charge in [0.2, 0.25) is 0 Å². The van der Waals surface area contributed by atoms with Gasteiger partial charge in [-0.3, -0.25) is 14.9 Å². The van der Waals surface area contributed by atoms with Gasteiger partial charge in [-0.25, -0.2) is 4.68 Å². The summed E-state index contributed by atoms with van der Waals surface area (Å²) in [5, 5.41) is 4.94. The molecule has 6 nitrogen and oxygen atoms in total. The predicted octanol–water partition coefficient (Wildman–Crippen LogP) is 2.93. The highest BCUT2D eigenvalue weighted by atomic mass is 16.1. The van der Waals surface area contributed by atoms with E-state index in [1.165, 1.54) is 5.56 Å². The van der Waals surface area contributed by atoms with Crippen LogP contribution in [0, 0.1) is 6.92 Å². The van der Waals surface area contributed by atoms with Crippen LogP contribution < -0.4 is 10.5 Å². The van der Waals surface area contributed by atoms with E-state index in [0.29, 0.717) is 5.39 Å². The van der Waals surface area contributed by atoms with Crippen LogP contribution in [0.25, 0.3) is 27.5 Å². The summed E-state index contributed by atoms with van der Waals surface area (Å²) in [6, 6.07) is 14.0. The van der Waals surface area contributed by atoms with Crippen molar-refractivity contribution in [3.8, 4) is 5.69 Å². The van der Waals surface area contributed by atoms with Crippen molar-refractivity contribution < 1.29 is 0 Å². The molecule has 0 amide bonds. The third kappa shape index (κ3) is 2.68. The molecule has 2 aromatic carbocycles. The maximum Gasteiger partial charge on any atom is 0.280 e. The van der Waals surface area contributed by atoms with Gasteiger partial charge in [-0.05, 0) is 43.8 Å². The molecule has 5 rings (SSSR count). The third-order valence-corrected chi connectivity index (χ3v) is 5.61. The molecule has 1 aliphatic heterocycles. The summed E-state index contributed by atoms with van der Waals surface area (Å²) in [4.78, 5) is 22.4. The first-order valence-corrected chi connectivity index (χ1v) is 9.65. The maximum absolute atomic E-state index is 13.0. The lowest BCUT2D eigenvalue weighted by Gasteiger charge is -2.34. The van der Waals surface area contributed by atoms with Crippen LogP contribution in [-0.4, -0.2) is 52.9 Å². The molecule has 1 aliphatic rings. The van der Waals surface area contributed by atoms with Gasteiger partial charge in [0.1, 0.15) is 0 Å². The van der Waals surface area contributed by atoms with Crippen LogP contribution in [0.4, 0.5) is 5.69 Å². The van der Waals surface area contributed by atoms with Gasteiger partial charge in [-0.2, -0.15) is 0 Å². The highest BCUT2D eigenvalue weighted by molar-refractivity contribution is 6.07. The predicted molar refractivity (Wildman–Crippen MR) is 114 cm³/mol. The number of para-hydroxylation sites is 1. The number of piperazine rings is 1. The molecule has 28 heavy (non-hydrogen) atoms. The Morgan fingerprint density at radius 3 is 2.50 bits per heavy atom. The smallest absolute Gasteiger partial charge is 0.280 e. The minimum Gasteiger partial charge on any atom is -0.367 e. The fourth-order valence-corrected chi connectivity index (χ4v) is 4.04. The number of aromatic amines is 1. The first-order valence-electron chi connectivity index (χ1n) is 9.65. The lowest BCUT2D eigenvalue weighted by Crippen LogP contribution is -2.44. The van der Waals surface area contributed by atoms with Crippen LogP contribution in [0.5, 0.6) is 0 Å². The number of anilines is 1. The number of aryl methyl sites for hydroxylation is 1. The first kappa shape index (κ1) is 17.0. The zero-order chi connectivity index (χ0) is 19.3. The molecule has 0 spiro atoms. The molecule has 6 heteroatoms. The minimum atomic E-state index is -0.0711. The molecule has 1 saturated heterocycles. The molecule has 142 valence electrons. The molecule has 1 fully saturated rings. The van der Waals surface area contributed by atoms with Gasteiger partial charge in [-0.1, -0.05) is 18.2 Å². The molecule has 4 aromatic rings. The van der Waals surface area contributed by atoms with Crippen LogP contribution in [0.15, 0.2) is 53.5 Å². The number of hydrogen-bond donors (Lipinski definition) is 1. The Hall–Kier alpha value is -3.12. The van der Waals surface area contributed by atoms with E-state index in [1.807, 2.05) is 30.3 Å². The Morgan fingerprint density at radius 2 is 1.75 bits per heavy atom. The fourth-order valence-electron chi connectivity index (χ4n) is 4.04. The van der Waals surface area contributed by atoms with E-state index in [4.69, 9.17) is 4.98 Å². The van der Waals surface area contributed by atoms with Crippen molar-refractivity contribution in [3.63, 3.8) is 0 Å². The van der Waals surface area contributed by atoms with E-state index in [1.54, 1.807) is 10.9 Å². The van der Waals surface area contributed by atoms with Gasteiger partial charge in [-0.15, -0.1) is 0 Å². The second kappa shape index (κ2) is 6.49. The van der Waals surface area contributed by atoms with E-state index < -0.39 is 0 Å². The van der Waals surface area contributed by atoms with Crippen LogP contribution >= 0.6 is 0 Å². The lowest BCUT2D eigenvalue weighted by molar-refractivity contribution is 0.313. The second-order valence-corrected chi connectivity index (χ2v) is 7.61. The van der Waals surface area contributed by atoms with Gasteiger partial charge in [0.15, 0.2) is 0 Å². The molecule has 0 aliphatic carbocycles. The zero-order valence-corrected chi connectivity index (χ0v) is 16.1. The van der Waals surface area contributed by atoms with E-state index in [2.05, 4.69) is 41.0 Å². The first-order chi connectivity index (χ1) is 13.6. The van der Waals surface area contributed by atoms with E-state index in [9.17, 15) is 4.79 Å². The Bertz CT molecular complexity index is 1220. The third-order valence-electron chi connectivity index (χ3n) is 5.61. The Kier molecular flexibility index (Phi) is 3.94. The molecule has 0 radical (unpaired) electrons. The minimum absolute atomic E-state index is 0.0711. The van der Waals surface area contributed by atoms with Gasteiger partial charge in [0.05, 0.1) is 27.8 Å². The summed E-state index contributed by atoms with van der Waals surface area (Å²) < 4.78 is 1.60. The molecule has 2 aromatic heterocycles. The Morgan fingerprint density at radius 1 is 1.00 bits per heavy atom. The van der Waals surface area contributed by atoms with Crippen LogP contribution in [0.2, 0.25) is 0 Å². The van der Waals surface area contributed by atoms with Gasteiger partial charge in [0.25, 0.3) is 5.56 Å². The quantitative estimate of drug-likeness (QED) is 0.587. The monoisotopic (exact) mass is 373 g/mol. The van der Waals surface area contributed by atoms with E-state index in [0.717, 1.165) is 54.0 Å². The highest BCUT2D eigenvalue weighted by Gasteiger charge is 2.20. The van der Waals surface area contributed by atoms with Crippen molar-refractivity contribution in [3.05, 3.63) is 64.6 Å². The molecular formula is C22H23N5O. The van der Waals surface area contributed by atoms with Crippen molar-refractivity contribution in [1.29, 1.82) is 0 Å². The second-order valence-electron chi connectivity index (χ2n) is 7.61. The van der Waals surface area contributed by atoms with Gasteiger partial charge >= 0.3 is 0 Å². The number of benzene rings is 2. The van der Waals surface area contributed by atoms with E-state index in [-0.39, 0.29) is 5.56 Å². The highest BCUT2D eigenvalue weighted by Crippen LogP contribution is 2.31. The topological polar surface area (TPSA) is 57.2 Å². The molecule has 0 saturated carbocycles. The number of hydrogen-bond acceptors (Lipinski definition) is 4. The summed E-state index contributed by atoms with van der Waals surface area (Å²) >= 11 is 0. The Balaban J connectivity index is 1.73. The molecule has 0 atom stereocenters. The van der Waals surface area contributed by atoms with Crippen molar-refractivity contribution in [2.24, 2.45) is 0 Å². The lowest BCUT2D eigenvalue weighted by atomic mass is 10.1. The number of H-pyrrole nitrogens is 1. The van der Waals surface area contributed by atoms with Crippen LogP contribution in [-0.2, 0) is 0 Å².